The first kappa shape index (κ1) is 17.4. The molecule has 0 fully saturated rings. The maximum absolute atomic E-state index is 12.1. The van der Waals surface area contributed by atoms with Crippen LogP contribution in [0.5, 0.6) is 5.75 Å². The van der Waals surface area contributed by atoms with E-state index in [0.717, 1.165) is 9.13 Å². The van der Waals surface area contributed by atoms with Gasteiger partial charge in [-0.3, -0.25) is 9.59 Å². The van der Waals surface area contributed by atoms with Crippen LogP contribution in [0.15, 0.2) is 53.6 Å². The molecule has 1 aliphatic rings. The topological polar surface area (TPSA) is 68.2 Å². The number of carbonyl (C=O) groups excluding carboxylic acids is 2. The van der Waals surface area contributed by atoms with Gasteiger partial charge in [0.1, 0.15) is 5.75 Å². The molecule has 0 bridgehead atoms. The Kier molecular flexibility index (Phi) is 5.03. The summed E-state index contributed by atoms with van der Waals surface area (Å²) in [5, 5.41) is 5.58. The van der Waals surface area contributed by atoms with Crippen LogP contribution in [0, 0.1) is 3.57 Å². The van der Waals surface area contributed by atoms with Crippen molar-refractivity contribution in [3.8, 4) is 5.75 Å². The van der Waals surface area contributed by atoms with Crippen molar-refractivity contribution in [1.82, 2.24) is 5.01 Å². The molecule has 128 valence electrons. The van der Waals surface area contributed by atoms with Crippen molar-refractivity contribution in [2.24, 2.45) is 5.10 Å². The van der Waals surface area contributed by atoms with Crippen LogP contribution < -0.4 is 4.74 Å². The lowest BCUT2D eigenvalue weighted by atomic mass is 10.1. The third kappa shape index (κ3) is 3.65. The number of hydrogen-bond donors (Lipinski definition) is 0. The average molecular weight is 450 g/mol. The van der Waals surface area contributed by atoms with Crippen LogP contribution in [0.4, 0.5) is 0 Å². The molecule has 2 aromatic carbocycles. The number of hydrazone groups is 1. The van der Waals surface area contributed by atoms with Crippen molar-refractivity contribution < 1.29 is 19.1 Å². The Hall–Kier alpha value is -2.42. The van der Waals surface area contributed by atoms with Gasteiger partial charge in [-0.15, -0.1) is 5.10 Å². The second-order valence-electron chi connectivity index (χ2n) is 5.35. The van der Waals surface area contributed by atoms with Gasteiger partial charge in [-0.1, -0.05) is 24.3 Å². The van der Waals surface area contributed by atoms with E-state index in [9.17, 15) is 9.59 Å². The molecule has 25 heavy (non-hydrogen) atoms. The molecule has 0 unspecified atom stereocenters. The zero-order valence-electron chi connectivity index (χ0n) is 13.6. The van der Waals surface area contributed by atoms with E-state index in [2.05, 4.69) is 27.7 Å². The standard InChI is InChI=1S/C18H15IN2O4/c1-11(22)21-18(14-8-4-6-10-16(14)24-12(2)23)25-17(20-21)13-7-3-5-9-15(13)19/h3-10,18H,1-2H3/t18-/m0/s1. The lowest BCUT2D eigenvalue weighted by molar-refractivity contribution is -0.135. The van der Waals surface area contributed by atoms with Crippen LogP contribution in [-0.2, 0) is 14.3 Å². The van der Waals surface area contributed by atoms with E-state index in [1.54, 1.807) is 24.3 Å². The Balaban J connectivity index is 2.00. The molecule has 0 saturated carbocycles. The van der Waals surface area contributed by atoms with Crippen LogP contribution in [0.3, 0.4) is 0 Å². The molecule has 1 aliphatic heterocycles. The molecule has 0 saturated heterocycles. The van der Waals surface area contributed by atoms with Crippen LogP contribution in [-0.4, -0.2) is 22.8 Å². The SMILES string of the molecule is CC(=O)Oc1ccccc1[C@@H]1OC(c2ccccc2I)=NN1C(C)=O. The van der Waals surface area contributed by atoms with E-state index in [1.807, 2.05) is 24.3 Å². The molecular formula is C18H15IN2O4. The Bertz CT molecular complexity index is 866. The minimum atomic E-state index is -0.793. The molecule has 1 atom stereocenters. The average Bonchev–Trinajstić information content (AvgIpc) is 3.00. The zero-order valence-corrected chi connectivity index (χ0v) is 15.8. The highest BCUT2D eigenvalue weighted by Gasteiger charge is 2.35. The van der Waals surface area contributed by atoms with Gasteiger partial charge >= 0.3 is 5.97 Å². The van der Waals surface area contributed by atoms with Crippen molar-refractivity contribution in [1.29, 1.82) is 0 Å². The van der Waals surface area contributed by atoms with E-state index in [-0.39, 0.29) is 5.91 Å². The number of benzene rings is 2. The Morgan fingerprint density at radius 3 is 2.48 bits per heavy atom. The Morgan fingerprint density at radius 2 is 1.80 bits per heavy atom. The number of esters is 1. The number of ether oxygens (including phenoxy) is 2. The number of hydrogen-bond acceptors (Lipinski definition) is 5. The lowest BCUT2D eigenvalue weighted by Gasteiger charge is -2.21. The predicted octanol–water partition coefficient (Wildman–Crippen LogP) is 3.46. The molecule has 0 aliphatic carbocycles. The van der Waals surface area contributed by atoms with Gasteiger partial charge in [0.05, 0.1) is 11.1 Å². The van der Waals surface area contributed by atoms with E-state index in [0.29, 0.717) is 17.2 Å². The predicted molar refractivity (Wildman–Crippen MR) is 99.8 cm³/mol. The number of rotatable bonds is 3. The monoisotopic (exact) mass is 450 g/mol. The summed E-state index contributed by atoms with van der Waals surface area (Å²) in [7, 11) is 0. The first-order valence-electron chi connectivity index (χ1n) is 7.54. The summed E-state index contributed by atoms with van der Waals surface area (Å²) in [6, 6.07) is 14.5. The minimum Gasteiger partial charge on any atom is -0.445 e. The van der Waals surface area contributed by atoms with Crippen molar-refractivity contribution >= 4 is 40.4 Å². The van der Waals surface area contributed by atoms with Gasteiger partial charge in [-0.25, -0.2) is 0 Å². The fourth-order valence-corrected chi connectivity index (χ4v) is 3.06. The number of nitrogens with zero attached hydrogens (tertiary/aromatic N) is 2. The maximum Gasteiger partial charge on any atom is 0.308 e. The summed E-state index contributed by atoms with van der Waals surface area (Å²) in [5.41, 5.74) is 1.35. The van der Waals surface area contributed by atoms with Gasteiger partial charge < -0.3 is 9.47 Å². The lowest BCUT2D eigenvalue weighted by Crippen LogP contribution is -2.26. The van der Waals surface area contributed by atoms with E-state index >= 15 is 0 Å². The summed E-state index contributed by atoms with van der Waals surface area (Å²) in [5.74, 6) is -0.0320. The number of halogens is 1. The normalized spacial score (nSPS) is 16.2. The summed E-state index contributed by atoms with van der Waals surface area (Å²) >= 11 is 2.19. The molecular weight excluding hydrogens is 435 g/mol. The van der Waals surface area contributed by atoms with Gasteiger partial charge in [0, 0.05) is 17.4 Å². The molecule has 0 radical (unpaired) electrons. The number of amides is 1. The maximum atomic E-state index is 12.1. The second-order valence-corrected chi connectivity index (χ2v) is 6.51. The number of carbonyl (C=O) groups is 2. The van der Waals surface area contributed by atoms with E-state index < -0.39 is 12.2 Å². The smallest absolute Gasteiger partial charge is 0.308 e. The van der Waals surface area contributed by atoms with Crippen LogP contribution in [0.2, 0.25) is 0 Å². The highest BCUT2D eigenvalue weighted by Crippen LogP contribution is 2.36. The molecule has 7 heteroatoms. The van der Waals surface area contributed by atoms with Crippen molar-refractivity contribution in [3.63, 3.8) is 0 Å². The Labute approximate surface area is 158 Å². The van der Waals surface area contributed by atoms with Crippen LogP contribution in [0.25, 0.3) is 0 Å². The fourth-order valence-electron chi connectivity index (χ4n) is 2.44. The molecule has 2 aromatic rings. The zero-order chi connectivity index (χ0) is 18.0. The summed E-state index contributed by atoms with van der Waals surface area (Å²) in [6.45, 7) is 2.73. The molecule has 6 nitrogen and oxygen atoms in total. The second kappa shape index (κ2) is 7.22. The minimum absolute atomic E-state index is 0.274. The highest BCUT2D eigenvalue weighted by molar-refractivity contribution is 14.1. The molecule has 1 heterocycles. The van der Waals surface area contributed by atoms with E-state index in [4.69, 9.17) is 9.47 Å². The number of para-hydroxylation sites is 1. The van der Waals surface area contributed by atoms with Crippen molar-refractivity contribution in [2.75, 3.05) is 0 Å². The molecule has 1 amide bonds. The summed E-state index contributed by atoms with van der Waals surface area (Å²) in [6.07, 6.45) is -0.793. The van der Waals surface area contributed by atoms with Crippen molar-refractivity contribution in [2.45, 2.75) is 20.1 Å². The summed E-state index contributed by atoms with van der Waals surface area (Å²) < 4.78 is 12.2. The first-order valence-corrected chi connectivity index (χ1v) is 8.62. The van der Waals surface area contributed by atoms with Crippen LogP contribution in [0.1, 0.15) is 31.2 Å². The molecule has 0 spiro atoms. The third-order valence-corrected chi connectivity index (χ3v) is 4.45. The fraction of sp³-hybridized carbons (Fsp3) is 0.167. The molecule has 3 rings (SSSR count). The van der Waals surface area contributed by atoms with E-state index in [1.165, 1.54) is 18.9 Å². The highest BCUT2D eigenvalue weighted by atomic mass is 127. The largest absolute Gasteiger partial charge is 0.445 e. The third-order valence-electron chi connectivity index (χ3n) is 3.51. The van der Waals surface area contributed by atoms with Gasteiger partial charge in [0.25, 0.3) is 0 Å². The quantitative estimate of drug-likeness (QED) is 0.408. The molecule has 0 N–H and O–H groups in total. The molecule has 0 aromatic heterocycles. The van der Waals surface area contributed by atoms with Gasteiger partial charge in [-0.2, -0.15) is 5.01 Å². The Morgan fingerprint density at radius 1 is 1.12 bits per heavy atom. The van der Waals surface area contributed by atoms with Crippen LogP contribution >= 0.6 is 22.6 Å². The summed E-state index contributed by atoms with van der Waals surface area (Å²) in [4.78, 5) is 23.4. The van der Waals surface area contributed by atoms with Gasteiger partial charge in [-0.05, 0) is 46.9 Å². The van der Waals surface area contributed by atoms with Gasteiger partial charge in [0.2, 0.25) is 18.0 Å². The van der Waals surface area contributed by atoms with Crippen molar-refractivity contribution in [3.05, 3.63) is 63.2 Å². The first-order chi connectivity index (χ1) is 12.0. The van der Waals surface area contributed by atoms with Gasteiger partial charge in [0.15, 0.2) is 0 Å².